The number of aryl methyl sites for hydroxylation is 2. The molecule has 10 atom stereocenters. The molecule has 2 saturated heterocycles. The average Bonchev–Trinajstić information content (AvgIpc) is 3.39. The van der Waals surface area contributed by atoms with Crippen LogP contribution in [0.5, 0.6) is 0 Å². The number of carbonyl (C=O) groups excluding carboxylic acids is 1. The molecule has 2 saturated carbocycles. The first-order valence-corrected chi connectivity index (χ1v) is 11.9. The highest BCUT2D eigenvalue weighted by atomic mass is 16.7. The molecule has 0 bridgehead atoms. The summed E-state index contributed by atoms with van der Waals surface area (Å²) >= 11 is 0. The van der Waals surface area contributed by atoms with E-state index >= 15 is 0 Å². The molecule has 6 nitrogen and oxygen atoms in total. The van der Waals surface area contributed by atoms with Crippen LogP contribution >= 0.6 is 0 Å². The fourth-order valence-corrected chi connectivity index (χ4v) is 7.65. The van der Waals surface area contributed by atoms with Gasteiger partial charge < -0.3 is 24.1 Å². The van der Waals surface area contributed by atoms with E-state index in [1.807, 2.05) is 33.8 Å². The van der Waals surface area contributed by atoms with Crippen molar-refractivity contribution in [2.45, 2.75) is 83.4 Å². The number of fused-ring (bicyclic) bond motifs is 3. The van der Waals surface area contributed by atoms with Crippen LogP contribution in [0, 0.1) is 42.4 Å². The van der Waals surface area contributed by atoms with Crippen LogP contribution in [0.4, 0.5) is 0 Å². The van der Waals surface area contributed by atoms with E-state index in [0.717, 1.165) is 11.3 Å². The van der Waals surface area contributed by atoms with Crippen LogP contribution in [-0.4, -0.2) is 45.7 Å². The van der Waals surface area contributed by atoms with E-state index in [2.05, 4.69) is 6.92 Å². The summed E-state index contributed by atoms with van der Waals surface area (Å²) in [7, 11) is 0. The van der Waals surface area contributed by atoms with Gasteiger partial charge in [-0.05, 0) is 56.1 Å². The maximum Gasteiger partial charge on any atom is 0.199 e. The molecular weight excluding hydrogens is 396 g/mol. The number of aliphatic hydroxyl groups is 2. The smallest absolute Gasteiger partial charge is 0.199 e. The van der Waals surface area contributed by atoms with Crippen molar-refractivity contribution >= 4 is 5.78 Å². The minimum absolute atomic E-state index is 0.0355. The summed E-state index contributed by atoms with van der Waals surface area (Å²) in [5, 5.41) is 23.2. The molecule has 0 radical (unpaired) electrons. The molecule has 3 heterocycles. The third-order valence-electron chi connectivity index (χ3n) is 9.06. The molecule has 0 amide bonds. The van der Waals surface area contributed by atoms with Crippen molar-refractivity contribution in [2.24, 2.45) is 35.5 Å². The molecule has 0 unspecified atom stereocenters. The second kappa shape index (κ2) is 6.89. The Balaban J connectivity index is 1.58. The maximum atomic E-state index is 14.0. The summed E-state index contributed by atoms with van der Waals surface area (Å²) in [5.41, 5.74) is -1.26. The molecule has 2 N–H and O–H groups in total. The Hall–Kier alpha value is -1.21. The molecule has 5 rings (SSSR count). The van der Waals surface area contributed by atoms with Crippen LogP contribution in [0.3, 0.4) is 0 Å². The van der Waals surface area contributed by atoms with Gasteiger partial charge in [-0.25, -0.2) is 0 Å². The topological polar surface area (TPSA) is 89.1 Å². The van der Waals surface area contributed by atoms with Crippen molar-refractivity contribution in [3.8, 4) is 0 Å². The number of hydrogen-bond donors (Lipinski definition) is 2. The molecule has 1 aromatic heterocycles. The van der Waals surface area contributed by atoms with Gasteiger partial charge in [-0.15, -0.1) is 0 Å². The fourth-order valence-electron chi connectivity index (χ4n) is 7.65. The van der Waals surface area contributed by atoms with E-state index in [0.29, 0.717) is 32.3 Å². The lowest BCUT2D eigenvalue weighted by Gasteiger charge is -2.52. The zero-order valence-corrected chi connectivity index (χ0v) is 19.3. The average molecular weight is 433 g/mol. The molecule has 2 aliphatic carbocycles. The zero-order chi connectivity index (χ0) is 22.3. The lowest BCUT2D eigenvalue weighted by atomic mass is 9.53. The van der Waals surface area contributed by atoms with Crippen LogP contribution < -0.4 is 0 Å². The number of ether oxygens (including phenoxy) is 2. The van der Waals surface area contributed by atoms with E-state index in [4.69, 9.17) is 13.9 Å². The van der Waals surface area contributed by atoms with E-state index < -0.39 is 29.0 Å². The molecule has 172 valence electrons. The van der Waals surface area contributed by atoms with Gasteiger partial charge in [0.05, 0.1) is 30.5 Å². The normalized spacial score (nSPS) is 51.5. The predicted molar refractivity (Wildman–Crippen MR) is 113 cm³/mol. The summed E-state index contributed by atoms with van der Waals surface area (Å²) in [4.78, 5) is 14.0. The van der Waals surface area contributed by atoms with Gasteiger partial charge in [0.25, 0.3) is 0 Å². The zero-order valence-electron chi connectivity index (χ0n) is 19.3. The lowest BCUT2D eigenvalue weighted by Crippen LogP contribution is -2.67. The number of aliphatic hydroxyl groups excluding tert-OH is 1. The molecule has 1 aromatic rings. The van der Waals surface area contributed by atoms with Crippen molar-refractivity contribution in [1.29, 1.82) is 0 Å². The maximum absolute atomic E-state index is 14.0. The van der Waals surface area contributed by atoms with Crippen molar-refractivity contribution < 1.29 is 28.9 Å². The van der Waals surface area contributed by atoms with Gasteiger partial charge in [0.15, 0.2) is 5.79 Å². The van der Waals surface area contributed by atoms with Crippen molar-refractivity contribution in [2.75, 3.05) is 6.61 Å². The van der Waals surface area contributed by atoms with Crippen LogP contribution in [0.1, 0.15) is 58.3 Å². The minimum atomic E-state index is -1.46. The Bertz CT molecular complexity index is 879. The molecule has 1 spiro atoms. The Kier molecular flexibility index (Phi) is 4.81. The Morgan fingerprint density at radius 3 is 2.61 bits per heavy atom. The molecular formula is C25H36O6. The number of furan rings is 1. The first kappa shape index (κ1) is 21.6. The first-order valence-electron chi connectivity index (χ1n) is 11.9. The summed E-state index contributed by atoms with van der Waals surface area (Å²) in [6.45, 7) is 10.6. The number of hydrogen-bond acceptors (Lipinski definition) is 6. The van der Waals surface area contributed by atoms with Gasteiger partial charge >= 0.3 is 0 Å². The summed E-state index contributed by atoms with van der Waals surface area (Å²) in [6, 6.07) is 1.94. The van der Waals surface area contributed by atoms with Crippen LogP contribution in [0.2, 0.25) is 0 Å². The predicted octanol–water partition coefficient (Wildman–Crippen LogP) is 3.26. The molecule has 31 heavy (non-hydrogen) atoms. The van der Waals surface area contributed by atoms with Crippen LogP contribution in [0.25, 0.3) is 0 Å². The number of Topliss-reactive ketones (excluding diaryl/α,β-unsaturated/α-hetero) is 1. The molecule has 0 aromatic carbocycles. The Morgan fingerprint density at radius 2 is 2.00 bits per heavy atom. The second-order valence-corrected chi connectivity index (χ2v) is 11.1. The molecule has 4 fully saturated rings. The SMILES string of the molecule is Cc1ccoc1CC[C@]1(C)O[C@]2(C[C@@H](C)CO2)[C@@]2(O)[C@H](C)[C@@H]3[C@H](C(=O)[C@H]21)[C@@H](C)C[C@@H]3O. The van der Waals surface area contributed by atoms with E-state index in [-0.39, 0.29) is 35.4 Å². The summed E-state index contributed by atoms with van der Waals surface area (Å²) in [6.07, 6.45) is 3.43. The van der Waals surface area contributed by atoms with Gasteiger partial charge in [-0.1, -0.05) is 20.8 Å². The third-order valence-corrected chi connectivity index (χ3v) is 9.06. The molecule has 2 aliphatic heterocycles. The standard InChI is InChI=1S/C25H36O6/c1-13-11-24(30-12-13)25(28)16(4)20-17(26)10-15(3)19(20)21(27)22(25)23(5,31-24)8-6-18-14(2)7-9-29-18/h7,9,13,15-17,19-20,22,26,28H,6,8,10-12H2,1-5H3/t13-,15+,16-,17+,19-,20+,22+,23+,24-,25-/m1/s1. The highest BCUT2D eigenvalue weighted by Crippen LogP contribution is 2.66. The number of ketones is 1. The van der Waals surface area contributed by atoms with E-state index in [1.165, 1.54) is 0 Å². The monoisotopic (exact) mass is 432 g/mol. The summed E-state index contributed by atoms with van der Waals surface area (Å²) < 4.78 is 18.6. The van der Waals surface area contributed by atoms with Crippen molar-refractivity contribution in [1.82, 2.24) is 0 Å². The van der Waals surface area contributed by atoms with Crippen molar-refractivity contribution in [3.05, 3.63) is 23.7 Å². The van der Waals surface area contributed by atoms with Gasteiger partial charge in [0, 0.05) is 24.7 Å². The molecule has 6 heteroatoms. The fraction of sp³-hybridized carbons (Fsp3) is 0.800. The number of carbonyl (C=O) groups is 1. The third kappa shape index (κ3) is 2.74. The number of rotatable bonds is 3. The first-order chi connectivity index (χ1) is 14.5. The summed E-state index contributed by atoms with van der Waals surface area (Å²) in [5.74, 6) is -1.49. The Morgan fingerprint density at radius 1 is 1.26 bits per heavy atom. The van der Waals surface area contributed by atoms with Crippen LogP contribution in [0.15, 0.2) is 16.7 Å². The largest absolute Gasteiger partial charge is 0.469 e. The van der Waals surface area contributed by atoms with Gasteiger partial charge in [0.2, 0.25) is 0 Å². The van der Waals surface area contributed by atoms with E-state index in [9.17, 15) is 15.0 Å². The van der Waals surface area contributed by atoms with Gasteiger partial charge in [0.1, 0.15) is 17.1 Å². The lowest BCUT2D eigenvalue weighted by molar-refractivity contribution is -0.298. The highest BCUT2D eigenvalue weighted by molar-refractivity contribution is 5.88. The quantitative estimate of drug-likeness (QED) is 0.762. The van der Waals surface area contributed by atoms with E-state index in [1.54, 1.807) is 6.26 Å². The van der Waals surface area contributed by atoms with Crippen molar-refractivity contribution in [3.63, 3.8) is 0 Å². The highest BCUT2D eigenvalue weighted by Gasteiger charge is 2.79. The van der Waals surface area contributed by atoms with Gasteiger partial charge in [-0.3, -0.25) is 4.79 Å². The minimum Gasteiger partial charge on any atom is -0.469 e. The van der Waals surface area contributed by atoms with Gasteiger partial charge in [-0.2, -0.15) is 0 Å². The Labute approximate surface area is 184 Å². The molecule has 4 aliphatic rings. The van der Waals surface area contributed by atoms with Crippen LogP contribution in [-0.2, 0) is 20.7 Å². The second-order valence-electron chi connectivity index (χ2n) is 11.1.